The molecule has 0 bridgehead atoms. The van der Waals surface area contributed by atoms with Gasteiger partial charge < -0.3 is 19.6 Å². The first-order valence-electron chi connectivity index (χ1n) is 10.6. The van der Waals surface area contributed by atoms with Crippen molar-refractivity contribution < 1.29 is 14.1 Å². The van der Waals surface area contributed by atoms with Crippen molar-refractivity contribution in [2.24, 2.45) is 5.92 Å². The number of nitrogens with one attached hydrogen (secondary N) is 1. The van der Waals surface area contributed by atoms with E-state index in [-0.39, 0.29) is 23.8 Å². The van der Waals surface area contributed by atoms with Gasteiger partial charge in [0.15, 0.2) is 5.82 Å². The summed E-state index contributed by atoms with van der Waals surface area (Å²) in [5.74, 6) is 1.88. The van der Waals surface area contributed by atoms with E-state index in [0.717, 1.165) is 38.1 Å². The van der Waals surface area contributed by atoms with Crippen molar-refractivity contribution in [2.75, 3.05) is 33.7 Å². The lowest BCUT2D eigenvalue weighted by Gasteiger charge is -2.25. The number of aromatic nitrogens is 2. The molecule has 1 aliphatic carbocycles. The molecular weight excluding hydrogens is 402 g/mol. The van der Waals surface area contributed by atoms with Crippen molar-refractivity contribution in [3.8, 4) is 0 Å². The molecule has 4 rings (SSSR count). The second kappa shape index (κ2) is 9.26. The molecule has 0 radical (unpaired) electrons. The van der Waals surface area contributed by atoms with Crippen LogP contribution in [0, 0.1) is 5.92 Å². The van der Waals surface area contributed by atoms with E-state index in [2.05, 4.69) is 20.4 Å². The van der Waals surface area contributed by atoms with Crippen molar-refractivity contribution in [3.63, 3.8) is 0 Å². The van der Waals surface area contributed by atoms with Crippen molar-refractivity contribution in [2.45, 2.75) is 44.1 Å². The van der Waals surface area contributed by atoms with E-state index in [4.69, 9.17) is 4.52 Å². The molecule has 1 N–H and O–H groups in total. The number of hydrogen-bond donors (Lipinski definition) is 1. The van der Waals surface area contributed by atoms with Crippen LogP contribution < -0.4 is 5.32 Å². The Morgan fingerprint density at radius 1 is 1.30 bits per heavy atom. The molecule has 1 saturated heterocycles. The van der Waals surface area contributed by atoms with Crippen LogP contribution in [0.3, 0.4) is 0 Å². The standard InChI is InChI=1S/C21H29N5O3S/c1-25-11-15(5-6-17(12-25)22-19(27)16-8-10-30-13-16)21(28)26(2)9-7-18-23-20(29-24-18)14-3-4-14/h8,10,13-15,17H,3-7,9,11-12H2,1-2H3,(H,22,27)/t15-,17+/m1/s1. The van der Waals surface area contributed by atoms with Gasteiger partial charge in [0.25, 0.3) is 5.91 Å². The highest BCUT2D eigenvalue weighted by atomic mass is 32.1. The molecule has 3 heterocycles. The zero-order valence-electron chi connectivity index (χ0n) is 17.5. The lowest BCUT2D eigenvalue weighted by atomic mass is 10.00. The van der Waals surface area contributed by atoms with Crippen LogP contribution in [0.15, 0.2) is 21.3 Å². The minimum Gasteiger partial charge on any atom is -0.348 e. The second-order valence-corrected chi connectivity index (χ2v) is 9.29. The Labute approximate surface area is 180 Å². The van der Waals surface area contributed by atoms with E-state index in [1.807, 2.05) is 30.9 Å². The van der Waals surface area contributed by atoms with Crippen molar-refractivity contribution in [1.82, 2.24) is 25.3 Å². The molecule has 1 aliphatic heterocycles. The van der Waals surface area contributed by atoms with Crippen molar-refractivity contribution in [1.29, 1.82) is 0 Å². The normalized spacial score (nSPS) is 22.5. The molecule has 9 heteroatoms. The number of likely N-dealkylation sites (N-methyl/N-ethyl adjacent to an activating group) is 2. The summed E-state index contributed by atoms with van der Waals surface area (Å²) >= 11 is 1.51. The summed E-state index contributed by atoms with van der Waals surface area (Å²) in [5, 5.41) is 10.9. The SMILES string of the molecule is CN1C[C@@H](NC(=O)c2ccsc2)CC[C@@H](C(=O)N(C)CCc2noc(C3CC3)n2)C1. The third-order valence-corrected chi connectivity index (χ3v) is 6.54. The number of thiophene rings is 1. The Morgan fingerprint density at radius 2 is 2.13 bits per heavy atom. The molecule has 2 aliphatic rings. The van der Waals surface area contributed by atoms with Gasteiger partial charge in [-0.25, -0.2) is 0 Å². The molecule has 2 fully saturated rings. The van der Waals surface area contributed by atoms with Gasteiger partial charge in [0, 0.05) is 56.0 Å². The summed E-state index contributed by atoms with van der Waals surface area (Å²) in [5.41, 5.74) is 0.700. The summed E-state index contributed by atoms with van der Waals surface area (Å²) in [4.78, 5) is 33.7. The van der Waals surface area contributed by atoms with E-state index in [9.17, 15) is 9.59 Å². The van der Waals surface area contributed by atoms with Crippen LogP contribution in [0.4, 0.5) is 0 Å². The highest BCUT2D eigenvalue weighted by Gasteiger charge is 2.31. The Morgan fingerprint density at radius 3 is 2.87 bits per heavy atom. The first-order chi connectivity index (χ1) is 14.5. The van der Waals surface area contributed by atoms with Gasteiger partial charge in [0.2, 0.25) is 11.8 Å². The van der Waals surface area contributed by atoms with Gasteiger partial charge in [-0.1, -0.05) is 5.16 Å². The van der Waals surface area contributed by atoms with Crippen molar-refractivity contribution in [3.05, 3.63) is 34.1 Å². The number of nitrogens with zero attached hydrogens (tertiary/aromatic N) is 4. The van der Waals surface area contributed by atoms with Gasteiger partial charge >= 0.3 is 0 Å². The molecule has 2 aromatic heterocycles. The molecule has 0 aromatic carbocycles. The molecule has 0 unspecified atom stereocenters. The molecule has 2 amide bonds. The quantitative estimate of drug-likeness (QED) is 0.722. The Balaban J connectivity index is 1.27. The minimum absolute atomic E-state index is 0.0396. The maximum Gasteiger partial charge on any atom is 0.252 e. The highest BCUT2D eigenvalue weighted by molar-refractivity contribution is 7.08. The molecule has 1 saturated carbocycles. The van der Waals surface area contributed by atoms with Gasteiger partial charge in [0.05, 0.1) is 5.92 Å². The van der Waals surface area contributed by atoms with Crippen molar-refractivity contribution >= 4 is 23.2 Å². The van der Waals surface area contributed by atoms with Crippen LogP contribution in [-0.2, 0) is 11.2 Å². The fourth-order valence-electron chi connectivity index (χ4n) is 3.95. The van der Waals surface area contributed by atoms with Crippen LogP contribution in [-0.4, -0.2) is 71.5 Å². The maximum atomic E-state index is 13.0. The van der Waals surface area contributed by atoms with E-state index < -0.39 is 0 Å². The number of rotatable bonds is 7. The Kier molecular flexibility index (Phi) is 6.48. The van der Waals surface area contributed by atoms with Gasteiger partial charge in [-0.05, 0) is 44.2 Å². The third kappa shape index (κ3) is 5.26. The summed E-state index contributed by atoms with van der Waals surface area (Å²) in [6.45, 7) is 2.01. The van der Waals surface area contributed by atoms with E-state index >= 15 is 0 Å². The van der Waals surface area contributed by atoms with Crippen LogP contribution in [0.25, 0.3) is 0 Å². The zero-order valence-corrected chi connectivity index (χ0v) is 18.4. The predicted octanol–water partition coefficient (Wildman–Crippen LogP) is 2.15. The summed E-state index contributed by atoms with van der Waals surface area (Å²) in [6, 6.07) is 1.88. The van der Waals surface area contributed by atoms with E-state index in [1.54, 1.807) is 4.90 Å². The second-order valence-electron chi connectivity index (χ2n) is 8.51. The number of carbonyl (C=O) groups excluding carboxylic acids is 2. The predicted molar refractivity (Wildman–Crippen MR) is 113 cm³/mol. The molecule has 2 aromatic rings. The average molecular weight is 432 g/mol. The molecule has 162 valence electrons. The summed E-state index contributed by atoms with van der Waals surface area (Å²) in [6.07, 6.45) is 4.41. The molecule has 0 spiro atoms. The fraction of sp³-hybridized carbons (Fsp3) is 0.619. The lowest BCUT2D eigenvalue weighted by molar-refractivity contribution is -0.134. The molecule has 30 heavy (non-hydrogen) atoms. The highest BCUT2D eigenvalue weighted by Crippen LogP contribution is 2.38. The maximum absolute atomic E-state index is 13.0. The van der Waals surface area contributed by atoms with E-state index in [0.29, 0.717) is 36.8 Å². The van der Waals surface area contributed by atoms with Crippen LogP contribution in [0.5, 0.6) is 0 Å². The van der Waals surface area contributed by atoms with Gasteiger partial charge in [-0.3, -0.25) is 9.59 Å². The monoisotopic (exact) mass is 431 g/mol. The Bertz CT molecular complexity index is 864. The number of carbonyl (C=O) groups is 2. The average Bonchev–Trinajstić information content (AvgIpc) is 3.27. The first-order valence-corrected chi connectivity index (χ1v) is 11.5. The fourth-order valence-corrected chi connectivity index (χ4v) is 4.58. The lowest BCUT2D eigenvalue weighted by Crippen LogP contribution is -2.42. The first kappa shape index (κ1) is 21.0. The molecular formula is C21H29N5O3S. The zero-order chi connectivity index (χ0) is 21.1. The molecule has 2 atom stereocenters. The smallest absolute Gasteiger partial charge is 0.252 e. The van der Waals surface area contributed by atoms with Gasteiger partial charge in [-0.2, -0.15) is 16.3 Å². The largest absolute Gasteiger partial charge is 0.348 e. The van der Waals surface area contributed by atoms with Crippen LogP contribution in [0.1, 0.15) is 53.7 Å². The van der Waals surface area contributed by atoms with Gasteiger partial charge in [-0.15, -0.1) is 0 Å². The van der Waals surface area contributed by atoms with Crippen LogP contribution >= 0.6 is 11.3 Å². The summed E-state index contributed by atoms with van der Waals surface area (Å²) < 4.78 is 5.29. The topological polar surface area (TPSA) is 91.6 Å². The van der Waals surface area contributed by atoms with E-state index in [1.165, 1.54) is 11.3 Å². The number of likely N-dealkylation sites (tertiary alicyclic amines) is 1. The summed E-state index contributed by atoms with van der Waals surface area (Å²) in [7, 11) is 3.85. The Hall–Kier alpha value is -2.26. The number of amides is 2. The number of hydrogen-bond acceptors (Lipinski definition) is 7. The minimum atomic E-state index is -0.0738. The van der Waals surface area contributed by atoms with Gasteiger partial charge in [0.1, 0.15) is 0 Å². The van der Waals surface area contributed by atoms with Crippen LogP contribution in [0.2, 0.25) is 0 Å². The third-order valence-electron chi connectivity index (χ3n) is 5.85. The molecule has 8 nitrogen and oxygen atoms in total.